The first kappa shape index (κ1) is 15.3. The van der Waals surface area contributed by atoms with Crippen LogP contribution in [-0.4, -0.2) is 61.0 Å². The predicted octanol–water partition coefficient (Wildman–Crippen LogP) is 1.27. The maximum absolute atomic E-state index is 12.6. The largest absolute Gasteiger partial charge is 0.469 e. The van der Waals surface area contributed by atoms with Crippen LogP contribution in [0.3, 0.4) is 0 Å². The molecule has 0 radical (unpaired) electrons. The Morgan fingerprint density at radius 3 is 2.35 bits per heavy atom. The summed E-state index contributed by atoms with van der Waals surface area (Å²) in [6.45, 7) is 5.19. The molecule has 2 aliphatic rings. The predicted molar refractivity (Wildman–Crippen MR) is 76.2 cm³/mol. The molecule has 0 aromatic carbocycles. The molecule has 2 heterocycles. The van der Waals surface area contributed by atoms with Gasteiger partial charge in [0.2, 0.25) is 5.91 Å². The lowest BCUT2D eigenvalue weighted by atomic mass is 10.1. The lowest BCUT2D eigenvalue weighted by molar-refractivity contribution is -0.145. The van der Waals surface area contributed by atoms with Gasteiger partial charge in [-0.3, -0.25) is 14.5 Å². The molecular formula is C15H26N2O3. The van der Waals surface area contributed by atoms with Crippen molar-refractivity contribution in [2.75, 3.05) is 33.3 Å². The van der Waals surface area contributed by atoms with Gasteiger partial charge in [-0.25, -0.2) is 0 Å². The second-order valence-electron chi connectivity index (χ2n) is 5.92. The molecule has 0 bridgehead atoms. The van der Waals surface area contributed by atoms with E-state index in [1.54, 1.807) is 0 Å². The van der Waals surface area contributed by atoms with Crippen molar-refractivity contribution in [1.82, 2.24) is 9.80 Å². The Kier molecular flexibility index (Phi) is 5.40. The summed E-state index contributed by atoms with van der Waals surface area (Å²) in [4.78, 5) is 28.2. The monoisotopic (exact) mass is 282 g/mol. The fourth-order valence-corrected chi connectivity index (χ4v) is 3.21. The van der Waals surface area contributed by atoms with E-state index in [9.17, 15) is 9.59 Å². The van der Waals surface area contributed by atoms with E-state index in [4.69, 9.17) is 4.74 Å². The van der Waals surface area contributed by atoms with Gasteiger partial charge in [-0.2, -0.15) is 0 Å². The highest BCUT2D eigenvalue weighted by Crippen LogP contribution is 2.21. The van der Waals surface area contributed by atoms with Crippen LogP contribution in [0.15, 0.2) is 0 Å². The van der Waals surface area contributed by atoms with Crippen molar-refractivity contribution in [3.8, 4) is 0 Å². The van der Waals surface area contributed by atoms with Crippen LogP contribution in [0.4, 0.5) is 0 Å². The van der Waals surface area contributed by atoms with Crippen molar-refractivity contribution < 1.29 is 14.3 Å². The molecule has 2 saturated heterocycles. The van der Waals surface area contributed by atoms with E-state index in [2.05, 4.69) is 4.90 Å². The second kappa shape index (κ2) is 7.07. The summed E-state index contributed by atoms with van der Waals surface area (Å²) in [5.74, 6) is -0.00118. The van der Waals surface area contributed by atoms with Crippen molar-refractivity contribution in [2.24, 2.45) is 5.92 Å². The molecule has 0 N–H and O–H groups in total. The van der Waals surface area contributed by atoms with E-state index < -0.39 is 0 Å². The minimum atomic E-state index is -0.151. The molecule has 0 aromatic rings. The number of amides is 1. The number of hydrogen-bond donors (Lipinski definition) is 0. The number of hydrogen-bond acceptors (Lipinski definition) is 4. The molecule has 2 fully saturated rings. The van der Waals surface area contributed by atoms with Crippen LogP contribution >= 0.6 is 0 Å². The number of likely N-dealkylation sites (tertiary alicyclic amines) is 2. The number of carbonyl (C=O) groups excluding carboxylic acids is 2. The van der Waals surface area contributed by atoms with E-state index >= 15 is 0 Å². The minimum absolute atomic E-state index is 0.0700. The van der Waals surface area contributed by atoms with Crippen molar-refractivity contribution >= 4 is 11.9 Å². The summed E-state index contributed by atoms with van der Waals surface area (Å²) in [5, 5.41) is 0. The van der Waals surface area contributed by atoms with Gasteiger partial charge < -0.3 is 9.64 Å². The Bertz CT molecular complexity index is 351. The summed E-state index contributed by atoms with van der Waals surface area (Å²) in [6, 6.07) is -0.122. The van der Waals surface area contributed by atoms with Crippen molar-refractivity contribution in [2.45, 2.75) is 45.1 Å². The Morgan fingerprint density at radius 2 is 1.75 bits per heavy atom. The molecule has 5 heteroatoms. The number of ether oxygens (including phenoxy) is 1. The van der Waals surface area contributed by atoms with Crippen molar-refractivity contribution in [3.05, 3.63) is 0 Å². The van der Waals surface area contributed by atoms with Gasteiger partial charge in [-0.05, 0) is 32.7 Å². The molecule has 2 atom stereocenters. The smallest absolute Gasteiger partial charge is 0.310 e. The van der Waals surface area contributed by atoms with Gasteiger partial charge in [0.15, 0.2) is 0 Å². The van der Waals surface area contributed by atoms with Crippen LogP contribution < -0.4 is 0 Å². The maximum atomic E-state index is 12.6. The Balaban J connectivity index is 1.89. The number of esters is 1. The first-order valence-electron chi connectivity index (χ1n) is 7.74. The first-order valence-corrected chi connectivity index (χ1v) is 7.74. The highest BCUT2D eigenvalue weighted by Gasteiger charge is 2.35. The molecule has 20 heavy (non-hydrogen) atoms. The van der Waals surface area contributed by atoms with Gasteiger partial charge in [0.1, 0.15) is 0 Å². The quantitative estimate of drug-likeness (QED) is 0.732. The van der Waals surface area contributed by atoms with Gasteiger partial charge in [0.25, 0.3) is 0 Å². The normalized spacial score (nSPS) is 26.1. The fraction of sp³-hybridized carbons (Fsp3) is 0.867. The maximum Gasteiger partial charge on any atom is 0.310 e. The number of nitrogens with zero attached hydrogens (tertiary/aromatic N) is 2. The molecule has 2 aliphatic heterocycles. The molecule has 114 valence electrons. The highest BCUT2D eigenvalue weighted by molar-refractivity contribution is 5.82. The molecule has 0 spiro atoms. The molecule has 2 unspecified atom stereocenters. The van der Waals surface area contributed by atoms with E-state index in [-0.39, 0.29) is 23.8 Å². The summed E-state index contributed by atoms with van der Waals surface area (Å²) in [5.41, 5.74) is 0. The van der Waals surface area contributed by atoms with Crippen molar-refractivity contribution in [1.29, 1.82) is 0 Å². The average Bonchev–Trinajstić information content (AvgIpc) is 2.80. The standard InChI is InChI=1S/C15H26N2O3/c1-12(14(18)16-8-5-3-4-6-9-16)17-10-7-13(11-17)15(19)20-2/h12-13H,3-11H2,1-2H3. The van der Waals surface area contributed by atoms with E-state index in [0.717, 1.165) is 38.9 Å². The van der Waals surface area contributed by atoms with E-state index in [1.165, 1.54) is 20.0 Å². The molecule has 0 saturated carbocycles. The zero-order chi connectivity index (χ0) is 14.5. The average molecular weight is 282 g/mol. The van der Waals surface area contributed by atoms with E-state index in [0.29, 0.717) is 6.54 Å². The Hall–Kier alpha value is -1.10. The van der Waals surface area contributed by atoms with Crippen LogP contribution in [0.25, 0.3) is 0 Å². The third kappa shape index (κ3) is 3.51. The number of carbonyl (C=O) groups is 2. The topological polar surface area (TPSA) is 49.9 Å². The zero-order valence-corrected chi connectivity index (χ0v) is 12.6. The van der Waals surface area contributed by atoms with Crippen LogP contribution in [0.5, 0.6) is 0 Å². The number of rotatable bonds is 3. The van der Waals surface area contributed by atoms with Crippen LogP contribution in [0.2, 0.25) is 0 Å². The number of methoxy groups -OCH3 is 1. The van der Waals surface area contributed by atoms with Gasteiger partial charge in [0.05, 0.1) is 19.1 Å². The first-order chi connectivity index (χ1) is 9.63. The van der Waals surface area contributed by atoms with Crippen molar-refractivity contribution in [3.63, 3.8) is 0 Å². The minimum Gasteiger partial charge on any atom is -0.469 e. The van der Waals surface area contributed by atoms with E-state index in [1.807, 2.05) is 11.8 Å². The second-order valence-corrected chi connectivity index (χ2v) is 5.92. The third-order valence-corrected chi connectivity index (χ3v) is 4.58. The zero-order valence-electron chi connectivity index (χ0n) is 12.6. The molecule has 0 aliphatic carbocycles. The van der Waals surface area contributed by atoms with Gasteiger partial charge in [-0.15, -0.1) is 0 Å². The summed E-state index contributed by atoms with van der Waals surface area (Å²) >= 11 is 0. The fourth-order valence-electron chi connectivity index (χ4n) is 3.21. The van der Waals surface area contributed by atoms with Gasteiger partial charge >= 0.3 is 5.97 Å². The summed E-state index contributed by atoms with van der Waals surface area (Å²) in [7, 11) is 1.43. The van der Waals surface area contributed by atoms with Crippen LogP contribution in [0, 0.1) is 5.92 Å². The van der Waals surface area contributed by atoms with Crippen LogP contribution in [-0.2, 0) is 14.3 Å². The summed E-state index contributed by atoms with van der Waals surface area (Å²) < 4.78 is 4.79. The summed E-state index contributed by atoms with van der Waals surface area (Å²) in [6.07, 6.45) is 5.48. The van der Waals surface area contributed by atoms with Gasteiger partial charge in [-0.1, -0.05) is 12.8 Å². The molecule has 2 rings (SSSR count). The molecule has 0 aromatic heterocycles. The Labute approximate surface area is 121 Å². The highest BCUT2D eigenvalue weighted by atomic mass is 16.5. The lowest BCUT2D eigenvalue weighted by Crippen LogP contribution is -2.46. The van der Waals surface area contributed by atoms with Crippen LogP contribution in [0.1, 0.15) is 39.0 Å². The molecule has 5 nitrogen and oxygen atoms in total. The van der Waals surface area contributed by atoms with Gasteiger partial charge in [0, 0.05) is 19.6 Å². The molecule has 1 amide bonds. The third-order valence-electron chi connectivity index (χ3n) is 4.58. The lowest BCUT2D eigenvalue weighted by Gasteiger charge is -2.29. The SMILES string of the molecule is COC(=O)C1CCN(C(C)C(=O)N2CCCCCC2)C1. The molecular weight excluding hydrogens is 256 g/mol. The Morgan fingerprint density at radius 1 is 1.10 bits per heavy atom.